The van der Waals surface area contributed by atoms with Crippen LogP contribution in [0.1, 0.15) is 61.5 Å². The maximum atomic E-state index is 13.5. The van der Waals surface area contributed by atoms with Crippen molar-refractivity contribution < 1.29 is 0 Å². The van der Waals surface area contributed by atoms with E-state index in [0.717, 1.165) is 59.9 Å². The SMILES string of the molecule is CCCCc1c(Cc2ccc(-c3ccccc3-c3nn[nH]n3)cc2)c(=O)n2n1C1C=CC2CC1. The fourth-order valence-electron chi connectivity index (χ4n) is 5.50. The van der Waals surface area contributed by atoms with E-state index in [1.165, 1.54) is 5.69 Å². The first kappa shape index (κ1) is 20.8. The first-order chi connectivity index (χ1) is 16.7. The zero-order chi connectivity index (χ0) is 23.1. The van der Waals surface area contributed by atoms with Crippen LogP contribution in [0.4, 0.5) is 0 Å². The van der Waals surface area contributed by atoms with E-state index in [0.29, 0.717) is 18.3 Å². The molecule has 1 N–H and O–H groups in total. The average Bonchev–Trinajstić information content (AvgIpc) is 3.52. The number of unbranched alkanes of at least 4 members (excludes halogenated alkanes) is 1. The monoisotopic (exact) mass is 452 g/mol. The Morgan fingerprint density at radius 1 is 0.971 bits per heavy atom. The summed E-state index contributed by atoms with van der Waals surface area (Å²) in [6, 6.07) is 17.1. The second kappa shape index (κ2) is 8.56. The van der Waals surface area contributed by atoms with Crippen molar-refractivity contribution in [3.63, 3.8) is 0 Å². The van der Waals surface area contributed by atoms with Crippen molar-refractivity contribution in [3.05, 3.63) is 87.9 Å². The molecule has 0 amide bonds. The van der Waals surface area contributed by atoms with Gasteiger partial charge < -0.3 is 0 Å². The molecule has 3 aliphatic rings. The van der Waals surface area contributed by atoms with Crippen LogP contribution in [0, 0.1) is 0 Å². The molecule has 0 fully saturated rings. The Morgan fingerprint density at radius 3 is 2.38 bits per heavy atom. The summed E-state index contributed by atoms with van der Waals surface area (Å²) in [5, 5.41) is 14.5. The van der Waals surface area contributed by atoms with Crippen LogP contribution in [0.2, 0.25) is 0 Å². The van der Waals surface area contributed by atoms with Crippen LogP contribution in [-0.2, 0) is 12.8 Å². The molecule has 1 aliphatic carbocycles. The number of aromatic amines is 1. The lowest BCUT2D eigenvalue weighted by atomic mass is 9.95. The molecule has 7 nitrogen and oxygen atoms in total. The molecule has 0 radical (unpaired) electrons. The van der Waals surface area contributed by atoms with Crippen molar-refractivity contribution in [3.8, 4) is 22.5 Å². The highest BCUT2D eigenvalue weighted by Crippen LogP contribution is 2.37. The van der Waals surface area contributed by atoms with Crippen molar-refractivity contribution in [1.82, 2.24) is 30.0 Å². The van der Waals surface area contributed by atoms with Gasteiger partial charge in [-0.3, -0.25) is 9.48 Å². The molecule has 0 saturated carbocycles. The lowest BCUT2D eigenvalue weighted by Gasteiger charge is -2.36. The van der Waals surface area contributed by atoms with Crippen LogP contribution in [-0.4, -0.2) is 30.0 Å². The van der Waals surface area contributed by atoms with Crippen LogP contribution in [0.15, 0.2) is 65.5 Å². The van der Waals surface area contributed by atoms with E-state index in [1.807, 2.05) is 22.9 Å². The van der Waals surface area contributed by atoms with Gasteiger partial charge in [-0.25, -0.2) is 4.68 Å². The number of fused-ring (bicyclic) bond motifs is 1. The molecule has 0 spiro atoms. The smallest absolute Gasteiger partial charge is 0.271 e. The van der Waals surface area contributed by atoms with Gasteiger partial charge in [0.2, 0.25) is 5.82 Å². The van der Waals surface area contributed by atoms with E-state index < -0.39 is 0 Å². The molecule has 0 saturated heterocycles. The van der Waals surface area contributed by atoms with Crippen molar-refractivity contribution in [2.24, 2.45) is 0 Å². The van der Waals surface area contributed by atoms with Gasteiger partial charge in [0, 0.05) is 23.2 Å². The molecule has 2 bridgehead atoms. The number of benzene rings is 2. The number of aromatic nitrogens is 6. The van der Waals surface area contributed by atoms with Gasteiger partial charge >= 0.3 is 0 Å². The topological polar surface area (TPSA) is 81.4 Å². The minimum atomic E-state index is 0.191. The third-order valence-corrected chi connectivity index (χ3v) is 7.19. The van der Waals surface area contributed by atoms with Crippen LogP contribution < -0.4 is 5.56 Å². The fraction of sp³-hybridized carbons (Fsp3) is 0.333. The molecule has 2 unspecified atom stereocenters. The minimum absolute atomic E-state index is 0.191. The van der Waals surface area contributed by atoms with Crippen molar-refractivity contribution >= 4 is 0 Å². The van der Waals surface area contributed by atoms with Gasteiger partial charge in [0.05, 0.1) is 12.1 Å². The number of tetrazole rings is 1. The van der Waals surface area contributed by atoms with Crippen LogP contribution in [0.5, 0.6) is 0 Å². The summed E-state index contributed by atoms with van der Waals surface area (Å²) in [4.78, 5) is 13.5. The van der Waals surface area contributed by atoms with E-state index in [4.69, 9.17) is 0 Å². The highest BCUT2D eigenvalue weighted by Gasteiger charge is 2.33. The van der Waals surface area contributed by atoms with E-state index in [2.05, 4.69) is 74.7 Å². The molecule has 2 aliphatic heterocycles. The summed E-state index contributed by atoms with van der Waals surface area (Å²) < 4.78 is 4.35. The summed E-state index contributed by atoms with van der Waals surface area (Å²) in [5.41, 5.74) is 6.63. The van der Waals surface area contributed by atoms with E-state index in [9.17, 15) is 4.79 Å². The third-order valence-electron chi connectivity index (χ3n) is 7.19. The predicted octanol–water partition coefficient (Wildman–Crippen LogP) is 4.88. The molecule has 4 heterocycles. The van der Waals surface area contributed by atoms with Crippen molar-refractivity contribution in [2.45, 2.75) is 57.5 Å². The predicted molar refractivity (Wildman–Crippen MR) is 132 cm³/mol. The molecule has 172 valence electrons. The summed E-state index contributed by atoms with van der Waals surface area (Å²) in [6.45, 7) is 2.21. The number of nitrogens with zero attached hydrogens (tertiary/aromatic N) is 5. The largest absolute Gasteiger partial charge is 0.279 e. The van der Waals surface area contributed by atoms with Gasteiger partial charge in [0.15, 0.2) is 0 Å². The second-order valence-electron chi connectivity index (χ2n) is 9.27. The fourth-order valence-corrected chi connectivity index (χ4v) is 5.50. The number of hydrogen-bond acceptors (Lipinski definition) is 4. The number of H-pyrrole nitrogens is 1. The summed E-state index contributed by atoms with van der Waals surface area (Å²) >= 11 is 0. The van der Waals surface area contributed by atoms with Crippen molar-refractivity contribution in [1.29, 1.82) is 0 Å². The quantitative estimate of drug-likeness (QED) is 0.405. The van der Waals surface area contributed by atoms with E-state index in [-0.39, 0.29) is 11.6 Å². The zero-order valence-corrected chi connectivity index (χ0v) is 19.3. The number of hydrogen-bond donors (Lipinski definition) is 1. The second-order valence-corrected chi connectivity index (χ2v) is 9.27. The molecule has 2 aromatic heterocycles. The molecule has 34 heavy (non-hydrogen) atoms. The Hall–Kier alpha value is -3.74. The maximum Gasteiger partial charge on any atom is 0.271 e. The Morgan fingerprint density at radius 2 is 1.71 bits per heavy atom. The Bertz CT molecular complexity index is 1390. The van der Waals surface area contributed by atoms with Gasteiger partial charge in [-0.05, 0) is 47.6 Å². The molecule has 2 aromatic carbocycles. The van der Waals surface area contributed by atoms with Gasteiger partial charge in [0.1, 0.15) is 0 Å². The lowest BCUT2D eigenvalue weighted by Crippen LogP contribution is -2.36. The number of rotatable bonds is 7. The molecule has 7 heteroatoms. The van der Waals surface area contributed by atoms with Crippen molar-refractivity contribution in [2.75, 3.05) is 0 Å². The maximum absolute atomic E-state index is 13.5. The van der Waals surface area contributed by atoms with Gasteiger partial charge in [-0.15, -0.1) is 10.2 Å². The normalized spacial score (nSPS) is 18.4. The van der Waals surface area contributed by atoms with Gasteiger partial charge in [-0.1, -0.05) is 74.0 Å². The highest BCUT2D eigenvalue weighted by molar-refractivity contribution is 5.80. The highest BCUT2D eigenvalue weighted by atomic mass is 16.1. The van der Waals surface area contributed by atoms with Gasteiger partial charge in [0.25, 0.3) is 5.56 Å². The molecule has 4 aromatic rings. The van der Waals surface area contributed by atoms with Crippen LogP contribution in [0.3, 0.4) is 0 Å². The molecular weight excluding hydrogens is 424 g/mol. The number of nitrogens with one attached hydrogen (secondary N) is 1. The zero-order valence-electron chi connectivity index (χ0n) is 19.3. The molecule has 7 rings (SSSR count). The summed E-state index contributed by atoms with van der Waals surface area (Å²) in [6.07, 6.45) is 10.6. The average molecular weight is 453 g/mol. The van der Waals surface area contributed by atoms with Crippen LogP contribution in [0.25, 0.3) is 22.5 Å². The Labute approximate surface area is 198 Å². The number of allylic oxidation sites excluding steroid dienone is 2. The Kier molecular flexibility index (Phi) is 5.24. The first-order valence-electron chi connectivity index (χ1n) is 12.2. The van der Waals surface area contributed by atoms with Gasteiger partial charge in [-0.2, -0.15) is 5.21 Å². The van der Waals surface area contributed by atoms with Crippen LogP contribution >= 0.6 is 0 Å². The first-order valence-corrected chi connectivity index (χ1v) is 12.2. The van der Waals surface area contributed by atoms with E-state index in [1.54, 1.807) is 0 Å². The third kappa shape index (κ3) is 3.43. The Balaban J connectivity index is 1.34. The minimum Gasteiger partial charge on any atom is -0.279 e. The standard InChI is InChI=1S/C27H28N6O/c1-2-3-8-25-24(27(34)33-21-15-13-20(14-16-21)32(25)33)17-18-9-11-19(12-10-18)22-6-4-5-7-23(22)26-28-30-31-29-26/h4-7,9-13,15,20-21H,2-3,8,14,16-17H2,1H3,(H,28,29,30,31). The van der Waals surface area contributed by atoms with E-state index >= 15 is 0 Å². The summed E-state index contributed by atoms with van der Waals surface area (Å²) in [5.74, 6) is 0.580. The summed E-state index contributed by atoms with van der Waals surface area (Å²) in [7, 11) is 0. The molecule has 2 atom stereocenters. The molecular formula is C27H28N6O. The lowest BCUT2D eigenvalue weighted by molar-refractivity contribution is 0.256.